The first kappa shape index (κ1) is 9.54. The zero-order chi connectivity index (χ0) is 9.19. The van der Waals surface area contributed by atoms with Crippen LogP contribution in [0, 0.1) is 22.7 Å². The fourth-order valence-corrected chi connectivity index (χ4v) is 1.76. The van der Waals surface area contributed by atoms with E-state index in [1.807, 2.05) is 7.05 Å². The second-order valence-corrected chi connectivity index (χ2v) is 4.24. The predicted molar refractivity (Wildman–Crippen MR) is 49.6 cm³/mol. The van der Waals surface area contributed by atoms with Gasteiger partial charge in [-0.25, -0.2) is 0 Å². The Balaban J connectivity index is 2.52. The number of rotatable bonds is 4. The lowest BCUT2D eigenvalue weighted by atomic mass is 9.90. The molecule has 0 saturated heterocycles. The van der Waals surface area contributed by atoms with Gasteiger partial charge in [0.25, 0.3) is 0 Å². The second-order valence-electron chi connectivity index (χ2n) is 4.24. The average Bonchev–Trinajstić information content (AvgIpc) is 2.80. The van der Waals surface area contributed by atoms with Gasteiger partial charge >= 0.3 is 0 Å². The molecule has 1 N–H and O–H groups in total. The molecule has 1 aliphatic rings. The smallest absolute Gasteiger partial charge is 0.0727 e. The number of nitrogens with one attached hydrogen (secondary N) is 1. The average molecular weight is 166 g/mol. The van der Waals surface area contributed by atoms with E-state index in [0.29, 0.717) is 12.0 Å². The maximum atomic E-state index is 8.98. The van der Waals surface area contributed by atoms with Gasteiger partial charge in [-0.05, 0) is 32.2 Å². The maximum absolute atomic E-state index is 8.98. The molecule has 0 aromatic rings. The fraction of sp³-hybridized carbons (Fsp3) is 0.900. The molecular formula is C10H18N2. The summed E-state index contributed by atoms with van der Waals surface area (Å²) in [6.07, 6.45) is 3.29. The third kappa shape index (κ3) is 1.78. The van der Waals surface area contributed by atoms with Gasteiger partial charge in [-0.2, -0.15) is 5.26 Å². The minimum absolute atomic E-state index is 0.0149. The number of hydrogen-bond donors (Lipinski definition) is 1. The first-order chi connectivity index (χ1) is 5.64. The van der Waals surface area contributed by atoms with Crippen molar-refractivity contribution in [2.75, 3.05) is 7.05 Å². The summed E-state index contributed by atoms with van der Waals surface area (Å²) in [5.41, 5.74) is -0.0149. The van der Waals surface area contributed by atoms with E-state index in [1.165, 1.54) is 0 Å². The van der Waals surface area contributed by atoms with Crippen LogP contribution in [0.2, 0.25) is 0 Å². The third-order valence-corrected chi connectivity index (χ3v) is 2.73. The molecule has 12 heavy (non-hydrogen) atoms. The van der Waals surface area contributed by atoms with Crippen molar-refractivity contribution >= 4 is 0 Å². The predicted octanol–water partition coefficient (Wildman–Crippen LogP) is 1.92. The molecule has 1 fully saturated rings. The molecule has 0 radical (unpaired) electrons. The Morgan fingerprint density at radius 1 is 1.50 bits per heavy atom. The Labute approximate surface area is 75.0 Å². The molecule has 1 rings (SSSR count). The highest BCUT2D eigenvalue weighted by Gasteiger charge is 2.49. The molecule has 1 saturated carbocycles. The molecular weight excluding hydrogens is 148 g/mol. The van der Waals surface area contributed by atoms with Gasteiger partial charge in [-0.15, -0.1) is 0 Å². The summed E-state index contributed by atoms with van der Waals surface area (Å²) in [4.78, 5) is 0. The van der Waals surface area contributed by atoms with E-state index in [2.05, 4.69) is 25.2 Å². The molecule has 0 aliphatic heterocycles. The molecule has 0 aromatic carbocycles. The summed E-state index contributed by atoms with van der Waals surface area (Å²) in [5, 5.41) is 12.2. The van der Waals surface area contributed by atoms with Crippen LogP contribution in [0.25, 0.3) is 0 Å². The van der Waals surface area contributed by atoms with Crippen molar-refractivity contribution in [3.8, 4) is 6.07 Å². The number of nitriles is 1. The number of hydrogen-bond acceptors (Lipinski definition) is 2. The lowest BCUT2D eigenvalue weighted by Crippen LogP contribution is -2.35. The van der Waals surface area contributed by atoms with Crippen LogP contribution < -0.4 is 5.32 Å². The lowest BCUT2D eigenvalue weighted by molar-refractivity contribution is 0.356. The first-order valence-corrected chi connectivity index (χ1v) is 4.73. The van der Waals surface area contributed by atoms with Crippen LogP contribution in [-0.4, -0.2) is 13.1 Å². The van der Waals surface area contributed by atoms with E-state index < -0.39 is 0 Å². The Hall–Kier alpha value is -0.550. The van der Waals surface area contributed by atoms with Crippen LogP contribution in [0.3, 0.4) is 0 Å². The molecule has 0 bridgehead atoms. The van der Waals surface area contributed by atoms with Gasteiger partial charge < -0.3 is 5.32 Å². The SMILES string of the molecule is CNC(CC(C)C)C1(C#N)CC1. The van der Waals surface area contributed by atoms with E-state index in [1.54, 1.807) is 0 Å². The Kier molecular flexibility index (Phi) is 2.74. The molecule has 0 spiro atoms. The lowest BCUT2D eigenvalue weighted by Gasteiger charge is -2.22. The minimum Gasteiger partial charge on any atom is -0.315 e. The maximum Gasteiger partial charge on any atom is 0.0727 e. The Morgan fingerprint density at radius 2 is 2.08 bits per heavy atom. The van der Waals surface area contributed by atoms with Crippen molar-refractivity contribution in [3.05, 3.63) is 0 Å². The highest BCUT2D eigenvalue weighted by atomic mass is 14.9. The molecule has 0 heterocycles. The second kappa shape index (κ2) is 3.45. The largest absolute Gasteiger partial charge is 0.315 e. The van der Waals surface area contributed by atoms with Gasteiger partial charge in [0.1, 0.15) is 0 Å². The van der Waals surface area contributed by atoms with Crippen LogP contribution >= 0.6 is 0 Å². The van der Waals surface area contributed by atoms with Gasteiger partial charge in [0.2, 0.25) is 0 Å². The van der Waals surface area contributed by atoms with Crippen molar-refractivity contribution in [1.82, 2.24) is 5.32 Å². The summed E-state index contributed by atoms with van der Waals surface area (Å²) < 4.78 is 0. The molecule has 0 aromatic heterocycles. The van der Waals surface area contributed by atoms with Crippen molar-refractivity contribution < 1.29 is 0 Å². The van der Waals surface area contributed by atoms with E-state index in [9.17, 15) is 0 Å². The monoisotopic (exact) mass is 166 g/mol. The van der Waals surface area contributed by atoms with Crippen LogP contribution in [-0.2, 0) is 0 Å². The van der Waals surface area contributed by atoms with Gasteiger partial charge in [0.05, 0.1) is 11.5 Å². The van der Waals surface area contributed by atoms with E-state index >= 15 is 0 Å². The minimum atomic E-state index is -0.0149. The molecule has 1 unspecified atom stereocenters. The standard InChI is InChI=1S/C10H18N2/c1-8(2)6-9(12-3)10(7-11)4-5-10/h8-9,12H,4-6H2,1-3H3. The van der Waals surface area contributed by atoms with Crippen molar-refractivity contribution in [3.63, 3.8) is 0 Å². The number of nitrogens with zero attached hydrogens (tertiary/aromatic N) is 1. The summed E-state index contributed by atoms with van der Waals surface area (Å²) in [7, 11) is 1.96. The van der Waals surface area contributed by atoms with Gasteiger partial charge in [-0.1, -0.05) is 13.8 Å². The molecule has 0 amide bonds. The summed E-state index contributed by atoms with van der Waals surface area (Å²) in [6, 6.07) is 2.85. The highest BCUT2D eigenvalue weighted by Crippen LogP contribution is 2.49. The normalized spacial score (nSPS) is 21.9. The molecule has 1 atom stereocenters. The van der Waals surface area contributed by atoms with Crippen LogP contribution in [0.5, 0.6) is 0 Å². The summed E-state index contributed by atoms with van der Waals surface area (Å²) >= 11 is 0. The van der Waals surface area contributed by atoms with Gasteiger partial charge in [0.15, 0.2) is 0 Å². The quantitative estimate of drug-likeness (QED) is 0.692. The van der Waals surface area contributed by atoms with Crippen LogP contribution in [0.1, 0.15) is 33.1 Å². The summed E-state index contributed by atoms with van der Waals surface area (Å²) in [5.74, 6) is 0.674. The van der Waals surface area contributed by atoms with Gasteiger partial charge in [0, 0.05) is 6.04 Å². The van der Waals surface area contributed by atoms with E-state index in [-0.39, 0.29) is 5.41 Å². The summed E-state index contributed by atoms with van der Waals surface area (Å²) in [6.45, 7) is 4.41. The molecule has 2 nitrogen and oxygen atoms in total. The Bertz CT molecular complexity index is 187. The van der Waals surface area contributed by atoms with Crippen molar-refractivity contribution in [2.24, 2.45) is 11.3 Å². The van der Waals surface area contributed by atoms with Crippen LogP contribution in [0.15, 0.2) is 0 Å². The molecule has 1 aliphatic carbocycles. The fourth-order valence-electron chi connectivity index (χ4n) is 1.76. The first-order valence-electron chi connectivity index (χ1n) is 4.73. The van der Waals surface area contributed by atoms with Gasteiger partial charge in [-0.3, -0.25) is 0 Å². The zero-order valence-corrected chi connectivity index (χ0v) is 8.22. The highest BCUT2D eigenvalue weighted by molar-refractivity contribution is 5.15. The molecule has 68 valence electrons. The zero-order valence-electron chi connectivity index (χ0n) is 8.22. The van der Waals surface area contributed by atoms with Crippen LogP contribution in [0.4, 0.5) is 0 Å². The van der Waals surface area contributed by atoms with E-state index in [4.69, 9.17) is 5.26 Å². The third-order valence-electron chi connectivity index (χ3n) is 2.73. The van der Waals surface area contributed by atoms with E-state index in [0.717, 1.165) is 19.3 Å². The Morgan fingerprint density at radius 3 is 2.33 bits per heavy atom. The van der Waals surface area contributed by atoms with Crippen molar-refractivity contribution in [2.45, 2.75) is 39.2 Å². The topological polar surface area (TPSA) is 35.8 Å². The molecule has 2 heteroatoms. The van der Waals surface area contributed by atoms with Crippen molar-refractivity contribution in [1.29, 1.82) is 5.26 Å².